The van der Waals surface area contributed by atoms with Crippen LogP contribution < -0.4 is 0 Å². The Morgan fingerprint density at radius 3 is 1.26 bits per heavy atom. The van der Waals surface area contributed by atoms with Crippen molar-refractivity contribution in [3.63, 3.8) is 0 Å². The van der Waals surface area contributed by atoms with E-state index in [1.165, 1.54) is 71.2 Å². The monoisotopic (exact) mass is 271 g/mol. The van der Waals surface area contributed by atoms with E-state index in [-0.39, 0.29) is 0 Å². The van der Waals surface area contributed by atoms with Crippen molar-refractivity contribution < 1.29 is 0 Å². The highest BCUT2D eigenvalue weighted by atomic mass is 15.1. The molecule has 116 valence electrons. The maximum Gasteiger partial charge on any atom is -0.00183 e. The Kier molecular flexibility index (Phi) is 12.8. The molecular weight excluding hydrogens is 234 g/mol. The maximum absolute atomic E-state index is 2.68. The fraction of sp³-hybridized carbons (Fsp3) is 1.00. The molecular formula is C16H37N3. The van der Waals surface area contributed by atoms with Crippen LogP contribution in [0.3, 0.4) is 0 Å². The molecule has 0 saturated carbocycles. The van der Waals surface area contributed by atoms with Gasteiger partial charge in [0, 0.05) is 0 Å². The number of nitrogens with zero attached hydrogens (tertiary/aromatic N) is 3. The average molecular weight is 271 g/mol. The summed E-state index contributed by atoms with van der Waals surface area (Å²) in [5.74, 6) is 0. The topological polar surface area (TPSA) is 9.72 Å². The summed E-state index contributed by atoms with van der Waals surface area (Å²) < 4.78 is 0. The van der Waals surface area contributed by atoms with Gasteiger partial charge in [0.2, 0.25) is 0 Å². The van der Waals surface area contributed by atoms with Crippen molar-refractivity contribution in [3.05, 3.63) is 0 Å². The summed E-state index contributed by atoms with van der Waals surface area (Å²) in [6.45, 7) is 8.60. The minimum Gasteiger partial charge on any atom is -0.309 e. The first-order chi connectivity index (χ1) is 9.06. The molecule has 19 heavy (non-hydrogen) atoms. The fourth-order valence-corrected chi connectivity index (χ4v) is 2.24. The van der Waals surface area contributed by atoms with Crippen LogP contribution >= 0.6 is 0 Å². The third kappa shape index (κ3) is 14.1. The highest BCUT2D eigenvalue weighted by Gasteiger charge is 2.04. The van der Waals surface area contributed by atoms with E-state index < -0.39 is 0 Å². The second kappa shape index (κ2) is 12.9. The van der Waals surface area contributed by atoms with Crippen LogP contribution in [0.4, 0.5) is 0 Å². The van der Waals surface area contributed by atoms with Crippen LogP contribution in [0.5, 0.6) is 0 Å². The van der Waals surface area contributed by atoms with Gasteiger partial charge in [-0.15, -0.1) is 0 Å². The van der Waals surface area contributed by atoms with Crippen molar-refractivity contribution in [1.82, 2.24) is 14.7 Å². The van der Waals surface area contributed by atoms with Crippen molar-refractivity contribution >= 4 is 0 Å². The van der Waals surface area contributed by atoms with Crippen LogP contribution in [0.25, 0.3) is 0 Å². The standard InChI is InChI=1S/C16H37N3/c1-6-7-14-19(15-10-8-12-17(2)3)16-11-9-13-18(4)5/h6-16H2,1-5H3. The van der Waals surface area contributed by atoms with E-state index in [2.05, 4.69) is 49.8 Å². The summed E-state index contributed by atoms with van der Waals surface area (Å²) in [5, 5.41) is 0. The molecule has 0 aromatic heterocycles. The molecule has 0 radical (unpaired) electrons. The summed E-state index contributed by atoms with van der Waals surface area (Å²) in [4.78, 5) is 7.25. The largest absolute Gasteiger partial charge is 0.309 e. The molecule has 0 aliphatic carbocycles. The zero-order chi connectivity index (χ0) is 14.5. The Bertz CT molecular complexity index is 165. The predicted octanol–water partition coefficient (Wildman–Crippen LogP) is 2.77. The predicted molar refractivity (Wildman–Crippen MR) is 86.9 cm³/mol. The molecule has 0 bridgehead atoms. The molecule has 3 nitrogen and oxygen atoms in total. The first kappa shape index (κ1) is 18.9. The van der Waals surface area contributed by atoms with E-state index >= 15 is 0 Å². The van der Waals surface area contributed by atoms with Crippen molar-refractivity contribution in [2.75, 3.05) is 60.9 Å². The first-order valence-electron chi connectivity index (χ1n) is 8.08. The normalized spacial score (nSPS) is 12.0. The van der Waals surface area contributed by atoms with E-state index in [9.17, 15) is 0 Å². The van der Waals surface area contributed by atoms with E-state index in [4.69, 9.17) is 0 Å². The summed E-state index contributed by atoms with van der Waals surface area (Å²) in [6.07, 6.45) is 8.00. The van der Waals surface area contributed by atoms with Crippen LogP contribution in [-0.4, -0.2) is 75.6 Å². The molecule has 0 unspecified atom stereocenters. The third-order valence-corrected chi connectivity index (χ3v) is 3.49. The third-order valence-electron chi connectivity index (χ3n) is 3.49. The molecule has 0 aromatic carbocycles. The highest BCUT2D eigenvalue weighted by Crippen LogP contribution is 2.03. The summed E-state index contributed by atoms with van der Waals surface area (Å²) in [7, 11) is 8.65. The van der Waals surface area contributed by atoms with Crippen LogP contribution in [-0.2, 0) is 0 Å². The van der Waals surface area contributed by atoms with E-state index in [1.807, 2.05) is 0 Å². The minimum atomic E-state index is 1.22. The van der Waals surface area contributed by atoms with Gasteiger partial charge in [0.25, 0.3) is 0 Å². The zero-order valence-electron chi connectivity index (χ0n) is 14.1. The fourth-order valence-electron chi connectivity index (χ4n) is 2.24. The van der Waals surface area contributed by atoms with Crippen LogP contribution in [0.2, 0.25) is 0 Å². The molecule has 0 heterocycles. The number of rotatable bonds is 13. The molecule has 0 fully saturated rings. The number of unbranched alkanes of at least 4 members (excludes halogenated alkanes) is 3. The van der Waals surface area contributed by atoms with Gasteiger partial charge < -0.3 is 14.7 Å². The lowest BCUT2D eigenvalue weighted by Gasteiger charge is -2.23. The summed E-state index contributed by atoms with van der Waals surface area (Å²) in [5.41, 5.74) is 0. The highest BCUT2D eigenvalue weighted by molar-refractivity contribution is 4.60. The van der Waals surface area contributed by atoms with Gasteiger partial charge in [-0.3, -0.25) is 0 Å². The van der Waals surface area contributed by atoms with Gasteiger partial charge in [-0.05, 0) is 93.0 Å². The van der Waals surface area contributed by atoms with Gasteiger partial charge in [0.1, 0.15) is 0 Å². The maximum atomic E-state index is 2.68. The molecule has 0 N–H and O–H groups in total. The molecule has 0 aromatic rings. The summed E-state index contributed by atoms with van der Waals surface area (Å²) >= 11 is 0. The van der Waals surface area contributed by atoms with Gasteiger partial charge in [-0.2, -0.15) is 0 Å². The summed E-state index contributed by atoms with van der Waals surface area (Å²) in [6, 6.07) is 0. The number of hydrogen-bond donors (Lipinski definition) is 0. The molecule has 0 rings (SSSR count). The van der Waals surface area contributed by atoms with Crippen LogP contribution in [0.1, 0.15) is 45.4 Å². The lowest BCUT2D eigenvalue weighted by atomic mass is 10.2. The van der Waals surface area contributed by atoms with Crippen LogP contribution in [0.15, 0.2) is 0 Å². The second-order valence-electron chi connectivity index (χ2n) is 6.22. The Labute approximate surface area is 121 Å². The van der Waals surface area contributed by atoms with Gasteiger partial charge in [0.15, 0.2) is 0 Å². The molecule has 0 aliphatic heterocycles. The molecule has 0 spiro atoms. The Hall–Kier alpha value is -0.120. The quantitative estimate of drug-likeness (QED) is 0.477. The molecule has 0 atom stereocenters. The molecule has 3 heteroatoms. The minimum absolute atomic E-state index is 1.22. The van der Waals surface area contributed by atoms with Gasteiger partial charge in [-0.1, -0.05) is 13.3 Å². The van der Waals surface area contributed by atoms with Crippen LogP contribution in [0, 0.1) is 0 Å². The average Bonchev–Trinajstić information content (AvgIpc) is 2.34. The molecule has 0 saturated heterocycles. The lowest BCUT2D eigenvalue weighted by molar-refractivity contribution is 0.248. The van der Waals surface area contributed by atoms with Crippen molar-refractivity contribution in [3.8, 4) is 0 Å². The Balaban J connectivity index is 3.68. The van der Waals surface area contributed by atoms with Crippen molar-refractivity contribution in [2.24, 2.45) is 0 Å². The van der Waals surface area contributed by atoms with Gasteiger partial charge in [0.05, 0.1) is 0 Å². The van der Waals surface area contributed by atoms with E-state index in [0.717, 1.165) is 0 Å². The lowest BCUT2D eigenvalue weighted by Crippen LogP contribution is -2.28. The van der Waals surface area contributed by atoms with Gasteiger partial charge in [-0.25, -0.2) is 0 Å². The Morgan fingerprint density at radius 1 is 0.526 bits per heavy atom. The first-order valence-corrected chi connectivity index (χ1v) is 8.08. The van der Waals surface area contributed by atoms with Crippen molar-refractivity contribution in [2.45, 2.75) is 45.4 Å². The number of hydrogen-bond acceptors (Lipinski definition) is 3. The Morgan fingerprint density at radius 2 is 0.895 bits per heavy atom. The second-order valence-corrected chi connectivity index (χ2v) is 6.22. The van der Waals surface area contributed by atoms with E-state index in [0.29, 0.717) is 0 Å². The molecule has 0 amide bonds. The smallest absolute Gasteiger partial charge is 0.00183 e. The SMILES string of the molecule is CCCCN(CCCCN(C)C)CCCCN(C)C. The molecule has 0 aliphatic rings. The zero-order valence-corrected chi connectivity index (χ0v) is 14.1. The van der Waals surface area contributed by atoms with Crippen molar-refractivity contribution in [1.29, 1.82) is 0 Å². The van der Waals surface area contributed by atoms with E-state index in [1.54, 1.807) is 0 Å². The van der Waals surface area contributed by atoms with Gasteiger partial charge >= 0.3 is 0 Å².